The number of rotatable bonds is 3. The highest BCUT2D eigenvalue weighted by Crippen LogP contribution is 2.26. The van der Waals surface area contributed by atoms with Gasteiger partial charge in [-0.05, 0) is 30.5 Å². The summed E-state index contributed by atoms with van der Waals surface area (Å²) in [6, 6.07) is 8.63. The van der Waals surface area contributed by atoms with Crippen LogP contribution in [0.2, 0.25) is 0 Å². The maximum atomic E-state index is 9.27. The Hall–Kier alpha value is -0.970. The zero-order valence-corrected chi connectivity index (χ0v) is 11.5. The number of nitrogens with zero attached hydrogens (tertiary/aromatic N) is 1. The molecule has 0 unspecified atom stereocenters. The van der Waals surface area contributed by atoms with Gasteiger partial charge < -0.3 is 10.4 Å². The van der Waals surface area contributed by atoms with E-state index in [1.165, 1.54) is 5.56 Å². The number of aliphatic hydroxyl groups excluding tert-OH is 1. The van der Waals surface area contributed by atoms with Gasteiger partial charge in [-0.15, -0.1) is 0 Å². The fourth-order valence-corrected chi connectivity index (χ4v) is 2.80. The number of hydrogen-bond donors (Lipinski definition) is 2. The zero-order valence-electron chi connectivity index (χ0n) is 9.94. The Kier molecular flexibility index (Phi) is 3.33. The molecular formula is C14H15BrN2O. The lowest BCUT2D eigenvalue weighted by molar-refractivity contribution is 0.0620. The summed E-state index contributed by atoms with van der Waals surface area (Å²) < 4.78 is 1.08. The Morgan fingerprint density at radius 2 is 2.17 bits per heavy atom. The van der Waals surface area contributed by atoms with Crippen molar-refractivity contribution in [3.63, 3.8) is 0 Å². The molecule has 3 rings (SSSR count). The largest absolute Gasteiger partial charge is 0.393 e. The second-order valence-electron chi connectivity index (χ2n) is 4.81. The van der Waals surface area contributed by atoms with Gasteiger partial charge >= 0.3 is 0 Å². The Morgan fingerprint density at radius 1 is 1.33 bits per heavy atom. The number of aromatic nitrogens is 1. The highest BCUT2D eigenvalue weighted by molar-refractivity contribution is 9.10. The lowest BCUT2D eigenvalue weighted by Gasteiger charge is -2.32. The smallest absolute Gasteiger partial charge is 0.0758 e. The molecular weight excluding hydrogens is 292 g/mol. The van der Waals surface area contributed by atoms with Crippen molar-refractivity contribution in [1.29, 1.82) is 0 Å². The standard InChI is InChI=1S/C14H15BrN2O/c15-13-4-3-9(8-17-10-6-11(18)7-10)14-12(13)2-1-5-16-14/h1-5,10-11,17-18H,6-8H2. The molecule has 1 saturated carbocycles. The monoisotopic (exact) mass is 306 g/mol. The molecule has 1 aliphatic carbocycles. The van der Waals surface area contributed by atoms with Crippen molar-refractivity contribution < 1.29 is 5.11 Å². The van der Waals surface area contributed by atoms with E-state index in [0.29, 0.717) is 6.04 Å². The van der Waals surface area contributed by atoms with E-state index in [1.54, 1.807) is 0 Å². The third-order valence-corrected chi connectivity index (χ3v) is 4.19. The second kappa shape index (κ2) is 4.96. The van der Waals surface area contributed by atoms with Crippen LogP contribution in [0.25, 0.3) is 10.9 Å². The van der Waals surface area contributed by atoms with E-state index in [0.717, 1.165) is 34.8 Å². The molecule has 4 heteroatoms. The van der Waals surface area contributed by atoms with Crippen LogP contribution >= 0.6 is 15.9 Å². The van der Waals surface area contributed by atoms with Gasteiger partial charge in [-0.25, -0.2) is 0 Å². The molecule has 1 aromatic heterocycles. The molecule has 18 heavy (non-hydrogen) atoms. The molecule has 2 aromatic rings. The van der Waals surface area contributed by atoms with Gasteiger partial charge in [0.05, 0.1) is 11.6 Å². The van der Waals surface area contributed by atoms with Gasteiger partial charge in [0.25, 0.3) is 0 Å². The lowest BCUT2D eigenvalue weighted by atomic mass is 9.89. The van der Waals surface area contributed by atoms with E-state index in [2.05, 4.69) is 44.4 Å². The third-order valence-electron chi connectivity index (χ3n) is 3.49. The first-order valence-corrected chi connectivity index (χ1v) is 6.97. The van der Waals surface area contributed by atoms with Crippen molar-refractivity contribution in [2.45, 2.75) is 31.5 Å². The number of pyridine rings is 1. The van der Waals surface area contributed by atoms with Gasteiger partial charge in [-0.2, -0.15) is 0 Å². The van der Waals surface area contributed by atoms with Gasteiger partial charge in [0.1, 0.15) is 0 Å². The summed E-state index contributed by atoms with van der Waals surface area (Å²) in [6.45, 7) is 0.804. The molecule has 0 aliphatic heterocycles. The Balaban J connectivity index is 1.81. The summed E-state index contributed by atoms with van der Waals surface area (Å²) in [5.74, 6) is 0. The topological polar surface area (TPSA) is 45.1 Å². The van der Waals surface area contributed by atoms with Crippen LogP contribution in [0.1, 0.15) is 18.4 Å². The summed E-state index contributed by atoms with van der Waals surface area (Å²) in [5, 5.41) is 13.9. The first kappa shape index (κ1) is 12.1. The Labute approximate surface area is 114 Å². The fraction of sp³-hybridized carbons (Fsp3) is 0.357. The Morgan fingerprint density at radius 3 is 2.94 bits per heavy atom. The molecule has 0 saturated heterocycles. The van der Waals surface area contributed by atoms with Crippen molar-refractivity contribution in [3.05, 3.63) is 40.5 Å². The van der Waals surface area contributed by atoms with E-state index >= 15 is 0 Å². The van der Waals surface area contributed by atoms with Gasteiger partial charge in [-0.1, -0.05) is 28.1 Å². The molecule has 0 spiro atoms. The maximum Gasteiger partial charge on any atom is 0.0758 e. The van der Waals surface area contributed by atoms with Crippen LogP contribution in [0, 0.1) is 0 Å². The van der Waals surface area contributed by atoms with Crippen LogP contribution in [-0.4, -0.2) is 22.2 Å². The normalized spacial score (nSPS) is 23.0. The van der Waals surface area contributed by atoms with E-state index in [-0.39, 0.29) is 6.10 Å². The minimum atomic E-state index is -0.109. The molecule has 0 atom stereocenters. The predicted molar refractivity (Wildman–Crippen MR) is 75.3 cm³/mol. The third kappa shape index (κ3) is 2.28. The minimum absolute atomic E-state index is 0.109. The van der Waals surface area contributed by atoms with Crippen LogP contribution in [-0.2, 0) is 6.54 Å². The predicted octanol–water partition coefficient (Wildman–Crippen LogP) is 2.61. The summed E-state index contributed by atoms with van der Waals surface area (Å²) >= 11 is 3.55. The summed E-state index contributed by atoms with van der Waals surface area (Å²) in [6.07, 6.45) is 3.44. The summed E-state index contributed by atoms with van der Waals surface area (Å²) in [4.78, 5) is 4.46. The van der Waals surface area contributed by atoms with Crippen LogP contribution < -0.4 is 5.32 Å². The zero-order chi connectivity index (χ0) is 12.5. The van der Waals surface area contributed by atoms with Crippen molar-refractivity contribution in [2.24, 2.45) is 0 Å². The average molecular weight is 307 g/mol. The van der Waals surface area contributed by atoms with Crippen LogP contribution in [0.4, 0.5) is 0 Å². The number of nitrogens with one attached hydrogen (secondary N) is 1. The number of hydrogen-bond acceptors (Lipinski definition) is 3. The van der Waals surface area contributed by atoms with Crippen LogP contribution in [0.15, 0.2) is 34.9 Å². The lowest BCUT2D eigenvalue weighted by Crippen LogP contribution is -2.43. The second-order valence-corrected chi connectivity index (χ2v) is 5.66. The number of halogens is 1. The highest BCUT2D eigenvalue weighted by Gasteiger charge is 2.26. The maximum absolute atomic E-state index is 9.27. The van der Waals surface area contributed by atoms with E-state index in [9.17, 15) is 5.11 Å². The highest BCUT2D eigenvalue weighted by atomic mass is 79.9. The number of fused-ring (bicyclic) bond motifs is 1. The van der Waals surface area contributed by atoms with E-state index in [4.69, 9.17) is 0 Å². The molecule has 0 radical (unpaired) electrons. The molecule has 1 fully saturated rings. The molecule has 1 aromatic carbocycles. The number of benzene rings is 1. The van der Waals surface area contributed by atoms with Crippen LogP contribution in [0.5, 0.6) is 0 Å². The quantitative estimate of drug-likeness (QED) is 0.916. The van der Waals surface area contributed by atoms with E-state index < -0.39 is 0 Å². The Bertz CT molecular complexity index is 567. The molecule has 0 bridgehead atoms. The van der Waals surface area contributed by atoms with Gasteiger partial charge in [-0.3, -0.25) is 4.98 Å². The van der Waals surface area contributed by atoms with Crippen molar-refractivity contribution in [1.82, 2.24) is 10.3 Å². The molecule has 94 valence electrons. The average Bonchev–Trinajstić information content (AvgIpc) is 2.36. The fourth-order valence-electron chi connectivity index (χ4n) is 2.35. The van der Waals surface area contributed by atoms with Crippen molar-refractivity contribution >= 4 is 26.8 Å². The van der Waals surface area contributed by atoms with Crippen molar-refractivity contribution in [2.75, 3.05) is 0 Å². The SMILES string of the molecule is OC1CC(NCc2ccc(Br)c3cccnc23)C1. The summed E-state index contributed by atoms with van der Waals surface area (Å²) in [5.41, 5.74) is 2.24. The van der Waals surface area contributed by atoms with Crippen molar-refractivity contribution in [3.8, 4) is 0 Å². The first-order valence-electron chi connectivity index (χ1n) is 6.17. The molecule has 1 heterocycles. The number of aliphatic hydroxyl groups is 1. The minimum Gasteiger partial charge on any atom is -0.393 e. The van der Waals surface area contributed by atoms with Gasteiger partial charge in [0.15, 0.2) is 0 Å². The molecule has 2 N–H and O–H groups in total. The van der Waals surface area contributed by atoms with Gasteiger partial charge in [0.2, 0.25) is 0 Å². The first-order chi connectivity index (χ1) is 8.74. The van der Waals surface area contributed by atoms with Crippen LogP contribution in [0.3, 0.4) is 0 Å². The summed E-state index contributed by atoms with van der Waals surface area (Å²) in [7, 11) is 0. The van der Waals surface area contributed by atoms with Gasteiger partial charge in [0, 0.05) is 28.6 Å². The molecule has 1 aliphatic rings. The molecule has 0 amide bonds. The van der Waals surface area contributed by atoms with E-state index in [1.807, 2.05) is 12.3 Å². The molecule has 3 nitrogen and oxygen atoms in total.